The SMILES string of the molecule is O=C(Nc1cc(C2CCCC2)[nH]n1)c1ccc(N2CCOCC2)c(F)c1. The summed E-state index contributed by atoms with van der Waals surface area (Å²) in [6.45, 7) is 2.48. The number of carbonyl (C=O) groups is 1. The molecule has 2 heterocycles. The Kier molecular flexibility index (Phi) is 4.88. The van der Waals surface area contributed by atoms with Gasteiger partial charge in [-0.25, -0.2) is 4.39 Å². The van der Waals surface area contributed by atoms with Crippen LogP contribution in [0.2, 0.25) is 0 Å². The van der Waals surface area contributed by atoms with Gasteiger partial charge in [-0.15, -0.1) is 0 Å². The standard InChI is InChI=1S/C19H23FN4O2/c20-15-11-14(5-6-17(15)24-7-9-26-10-8-24)19(25)21-18-12-16(22-23-18)13-3-1-2-4-13/h5-6,11-13H,1-4,7-10H2,(H2,21,22,23,25). The summed E-state index contributed by atoms with van der Waals surface area (Å²) in [6.07, 6.45) is 4.79. The summed E-state index contributed by atoms with van der Waals surface area (Å²) >= 11 is 0. The van der Waals surface area contributed by atoms with E-state index in [9.17, 15) is 9.18 Å². The van der Waals surface area contributed by atoms with Crippen LogP contribution in [-0.4, -0.2) is 42.4 Å². The van der Waals surface area contributed by atoms with Gasteiger partial charge in [0.05, 0.1) is 18.9 Å². The van der Waals surface area contributed by atoms with Gasteiger partial charge in [0.1, 0.15) is 5.82 Å². The number of morpholine rings is 1. The van der Waals surface area contributed by atoms with Gasteiger partial charge in [-0.1, -0.05) is 12.8 Å². The molecule has 0 bridgehead atoms. The molecule has 2 N–H and O–H groups in total. The maximum absolute atomic E-state index is 14.5. The summed E-state index contributed by atoms with van der Waals surface area (Å²) in [5, 5.41) is 9.92. The minimum absolute atomic E-state index is 0.282. The molecular weight excluding hydrogens is 335 g/mol. The first-order valence-corrected chi connectivity index (χ1v) is 9.19. The zero-order valence-electron chi connectivity index (χ0n) is 14.6. The van der Waals surface area contributed by atoms with Crippen LogP contribution in [0.25, 0.3) is 0 Å². The van der Waals surface area contributed by atoms with Crippen LogP contribution >= 0.6 is 0 Å². The summed E-state index contributed by atoms with van der Waals surface area (Å²) in [5.41, 5.74) is 1.85. The van der Waals surface area contributed by atoms with Crippen molar-refractivity contribution in [3.8, 4) is 0 Å². The van der Waals surface area contributed by atoms with Gasteiger partial charge in [-0.05, 0) is 31.0 Å². The van der Waals surface area contributed by atoms with E-state index in [1.54, 1.807) is 12.1 Å². The second-order valence-corrected chi connectivity index (χ2v) is 6.91. The van der Waals surface area contributed by atoms with Crippen LogP contribution in [0.1, 0.15) is 47.7 Å². The number of hydrogen-bond acceptors (Lipinski definition) is 4. The molecule has 26 heavy (non-hydrogen) atoms. The molecule has 2 fully saturated rings. The molecule has 2 aromatic rings. The fourth-order valence-corrected chi connectivity index (χ4v) is 3.74. The monoisotopic (exact) mass is 358 g/mol. The fourth-order valence-electron chi connectivity index (χ4n) is 3.74. The van der Waals surface area contributed by atoms with Crippen LogP contribution in [0, 0.1) is 5.82 Å². The zero-order valence-corrected chi connectivity index (χ0v) is 14.6. The third-order valence-electron chi connectivity index (χ3n) is 5.20. The lowest BCUT2D eigenvalue weighted by Crippen LogP contribution is -2.36. The maximum atomic E-state index is 14.5. The summed E-state index contributed by atoms with van der Waals surface area (Å²) in [7, 11) is 0. The van der Waals surface area contributed by atoms with E-state index in [1.165, 1.54) is 18.9 Å². The molecule has 1 aromatic heterocycles. The lowest BCUT2D eigenvalue weighted by Gasteiger charge is -2.29. The number of anilines is 2. The number of rotatable bonds is 4. The van der Waals surface area contributed by atoms with Crippen molar-refractivity contribution in [2.24, 2.45) is 0 Å². The Bertz CT molecular complexity index is 780. The molecular formula is C19H23FN4O2. The third-order valence-corrected chi connectivity index (χ3v) is 5.20. The van der Waals surface area contributed by atoms with E-state index in [0.29, 0.717) is 43.7 Å². The molecule has 0 unspecified atom stereocenters. The summed E-state index contributed by atoms with van der Waals surface area (Å²) in [6, 6.07) is 6.47. The molecule has 138 valence electrons. The van der Waals surface area contributed by atoms with Crippen molar-refractivity contribution < 1.29 is 13.9 Å². The molecule has 0 atom stereocenters. The zero-order chi connectivity index (χ0) is 17.9. The number of halogens is 1. The third kappa shape index (κ3) is 3.58. The number of hydrogen-bond donors (Lipinski definition) is 2. The molecule has 4 rings (SSSR count). The largest absolute Gasteiger partial charge is 0.378 e. The smallest absolute Gasteiger partial charge is 0.256 e. The maximum Gasteiger partial charge on any atom is 0.256 e. The van der Waals surface area contributed by atoms with Gasteiger partial charge < -0.3 is 15.0 Å². The molecule has 1 saturated heterocycles. The van der Waals surface area contributed by atoms with Crippen molar-refractivity contribution in [1.82, 2.24) is 10.2 Å². The van der Waals surface area contributed by atoms with Gasteiger partial charge in [0, 0.05) is 36.3 Å². The van der Waals surface area contributed by atoms with E-state index >= 15 is 0 Å². The number of ether oxygens (including phenoxy) is 1. The Balaban J connectivity index is 1.43. The van der Waals surface area contributed by atoms with Crippen LogP contribution in [-0.2, 0) is 4.74 Å². The van der Waals surface area contributed by atoms with Crippen LogP contribution < -0.4 is 10.2 Å². The van der Waals surface area contributed by atoms with Crippen LogP contribution in [0.3, 0.4) is 0 Å². The van der Waals surface area contributed by atoms with E-state index in [4.69, 9.17) is 4.74 Å². The van der Waals surface area contributed by atoms with Gasteiger partial charge in [-0.2, -0.15) is 5.10 Å². The Morgan fingerprint density at radius 2 is 2.00 bits per heavy atom. The van der Waals surface area contributed by atoms with Crippen molar-refractivity contribution in [1.29, 1.82) is 0 Å². The van der Waals surface area contributed by atoms with Crippen molar-refractivity contribution in [3.05, 3.63) is 41.3 Å². The Morgan fingerprint density at radius 3 is 2.73 bits per heavy atom. The highest BCUT2D eigenvalue weighted by atomic mass is 19.1. The van der Waals surface area contributed by atoms with E-state index in [0.717, 1.165) is 18.5 Å². The molecule has 0 spiro atoms. The number of benzene rings is 1. The van der Waals surface area contributed by atoms with Gasteiger partial charge in [-0.3, -0.25) is 9.89 Å². The molecule has 1 aromatic carbocycles. The van der Waals surface area contributed by atoms with Gasteiger partial charge in [0.15, 0.2) is 5.82 Å². The second kappa shape index (κ2) is 7.45. The van der Waals surface area contributed by atoms with Crippen LogP contribution in [0.15, 0.2) is 24.3 Å². The number of aromatic nitrogens is 2. The number of nitrogens with zero attached hydrogens (tertiary/aromatic N) is 2. The van der Waals surface area contributed by atoms with Crippen molar-refractivity contribution >= 4 is 17.4 Å². The first-order chi connectivity index (χ1) is 12.7. The second-order valence-electron chi connectivity index (χ2n) is 6.91. The van der Waals surface area contributed by atoms with E-state index in [1.807, 2.05) is 11.0 Å². The van der Waals surface area contributed by atoms with E-state index in [-0.39, 0.29) is 11.5 Å². The summed E-state index contributed by atoms with van der Waals surface area (Å²) in [4.78, 5) is 14.4. The van der Waals surface area contributed by atoms with Gasteiger partial charge in [0.2, 0.25) is 0 Å². The Hall–Kier alpha value is -2.41. The molecule has 7 heteroatoms. The number of aromatic amines is 1. The number of amides is 1. The molecule has 1 aliphatic heterocycles. The number of H-pyrrole nitrogens is 1. The number of carbonyl (C=O) groups excluding carboxylic acids is 1. The van der Waals surface area contributed by atoms with Crippen molar-refractivity contribution in [3.63, 3.8) is 0 Å². The first-order valence-electron chi connectivity index (χ1n) is 9.19. The fraction of sp³-hybridized carbons (Fsp3) is 0.474. The predicted molar refractivity (Wildman–Crippen MR) is 97.2 cm³/mol. The lowest BCUT2D eigenvalue weighted by atomic mass is 10.0. The topological polar surface area (TPSA) is 70.2 Å². The summed E-state index contributed by atoms with van der Waals surface area (Å²) in [5.74, 6) is 0.225. The summed E-state index contributed by atoms with van der Waals surface area (Å²) < 4.78 is 19.7. The van der Waals surface area contributed by atoms with E-state index < -0.39 is 5.82 Å². The Morgan fingerprint density at radius 1 is 1.23 bits per heavy atom. The average Bonchev–Trinajstić information content (AvgIpc) is 3.34. The quantitative estimate of drug-likeness (QED) is 0.880. The van der Waals surface area contributed by atoms with Crippen LogP contribution in [0.4, 0.5) is 15.9 Å². The highest BCUT2D eigenvalue weighted by molar-refractivity contribution is 6.04. The van der Waals surface area contributed by atoms with Crippen LogP contribution in [0.5, 0.6) is 0 Å². The van der Waals surface area contributed by atoms with E-state index in [2.05, 4.69) is 15.5 Å². The number of nitrogens with one attached hydrogen (secondary N) is 2. The predicted octanol–water partition coefficient (Wildman–Crippen LogP) is 3.30. The van der Waals surface area contributed by atoms with Gasteiger partial charge in [0.25, 0.3) is 5.91 Å². The minimum atomic E-state index is -0.395. The molecule has 2 aliphatic rings. The first kappa shape index (κ1) is 17.0. The molecule has 1 aliphatic carbocycles. The highest BCUT2D eigenvalue weighted by Crippen LogP contribution is 2.33. The lowest BCUT2D eigenvalue weighted by molar-refractivity contribution is 0.102. The normalized spacial score (nSPS) is 18.3. The molecule has 1 saturated carbocycles. The highest BCUT2D eigenvalue weighted by Gasteiger charge is 2.20. The molecule has 0 radical (unpaired) electrons. The Labute approximate surface area is 151 Å². The molecule has 1 amide bonds. The van der Waals surface area contributed by atoms with Gasteiger partial charge >= 0.3 is 0 Å². The minimum Gasteiger partial charge on any atom is -0.378 e. The average molecular weight is 358 g/mol. The molecule has 6 nitrogen and oxygen atoms in total. The van der Waals surface area contributed by atoms with Crippen molar-refractivity contribution in [2.45, 2.75) is 31.6 Å². The van der Waals surface area contributed by atoms with Crippen molar-refractivity contribution in [2.75, 3.05) is 36.5 Å².